The van der Waals surface area contributed by atoms with E-state index >= 15 is 0 Å². The molecular weight excluding hydrogens is 358 g/mol. The Labute approximate surface area is 162 Å². The molecule has 0 unspecified atom stereocenters. The van der Waals surface area contributed by atoms with Gasteiger partial charge in [0.05, 0.1) is 18.5 Å². The van der Waals surface area contributed by atoms with E-state index in [1.165, 1.54) is 4.90 Å². The first-order chi connectivity index (χ1) is 12.7. The molecule has 5 heteroatoms. The Morgan fingerprint density at radius 1 is 1.15 bits per heavy atom. The molecule has 0 radical (unpaired) electrons. The van der Waals surface area contributed by atoms with Crippen molar-refractivity contribution in [2.75, 3.05) is 12.8 Å². The van der Waals surface area contributed by atoms with Gasteiger partial charge in [0.1, 0.15) is 0 Å². The first kappa shape index (κ1) is 18.4. The highest BCUT2D eigenvalue weighted by molar-refractivity contribution is 7.98. The SMILES string of the molecule is C=C(C)CN=c1scc(-c2ccccc2)n1N=Cc1ccc(SC)cc1. The molecule has 0 bridgehead atoms. The molecule has 0 saturated carbocycles. The fraction of sp³-hybridized carbons (Fsp3) is 0.143. The molecule has 0 spiro atoms. The molecular formula is C21H21N3S2. The third-order valence-corrected chi connectivity index (χ3v) is 5.27. The predicted molar refractivity (Wildman–Crippen MR) is 114 cm³/mol. The van der Waals surface area contributed by atoms with E-state index < -0.39 is 0 Å². The van der Waals surface area contributed by atoms with Gasteiger partial charge in [0.15, 0.2) is 0 Å². The highest BCUT2D eigenvalue weighted by Crippen LogP contribution is 2.20. The third-order valence-electron chi connectivity index (χ3n) is 3.68. The number of nitrogens with zero attached hydrogens (tertiary/aromatic N) is 3. The van der Waals surface area contributed by atoms with Gasteiger partial charge in [0, 0.05) is 15.8 Å². The molecule has 1 aromatic heterocycles. The van der Waals surface area contributed by atoms with Gasteiger partial charge in [-0.3, -0.25) is 4.99 Å². The lowest BCUT2D eigenvalue weighted by Gasteiger charge is -2.03. The van der Waals surface area contributed by atoms with Crippen molar-refractivity contribution in [3.8, 4) is 11.3 Å². The second-order valence-electron chi connectivity index (χ2n) is 5.87. The maximum absolute atomic E-state index is 4.72. The van der Waals surface area contributed by atoms with Crippen molar-refractivity contribution >= 4 is 29.3 Å². The van der Waals surface area contributed by atoms with Crippen LogP contribution in [0.25, 0.3) is 11.3 Å². The van der Waals surface area contributed by atoms with Crippen LogP contribution in [0.15, 0.2) is 87.1 Å². The number of hydrogen-bond acceptors (Lipinski definition) is 4. The summed E-state index contributed by atoms with van der Waals surface area (Å²) in [5.41, 5.74) is 4.25. The van der Waals surface area contributed by atoms with E-state index in [2.05, 4.69) is 59.6 Å². The van der Waals surface area contributed by atoms with E-state index in [1.54, 1.807) is 23.1 Å². The average Bonchev–Trinajstić information content (AvgIpc) is 3.08. The molecule has 0 atom stereocenters. The van der Waals surface area contributed by atoms with E-state index in [-0.39, 0.29) is 0 Å². The minimum Gasteiger partial charge on any atom is -0.253 e. The molecule has 0 fully saturated rings. The van der Waals surface area contributed by atoms with Crippen molar-refractivity contribution in [1.29, 1.82) is 0 Å². The van der Waals surface area contributed by atoms with Gasteiger partial charge in [-0.1, -0.05) is 54.6 Å². The molecule has 1 heterocycles. The van der Waals surface area contributed by atoms with Gasteiger partial charge >= 0.3 is 0 Å². The highest BCUT2D eigenvalue weighted by Gasteiger charge is 2.06. The van der Waals surface area contributed by atoms with Crippen molar-refractivity contribution in [1.82, 2.24) is 4.68 Å². The largest absolute Gasteiger partial charge is 0.253 e. The summed E-state index contributed by atoms with van der Waals surface area (Å²) in [6, 6.07) is 18.6. The topological polar surface area (TPSA) is 29.6 Å². The lowest BCUT2D eigenvalue weighted by Crippen LogP contribution is -2.13. The maximum atomic E-state index is 4.72. The first-order valence-electron chi connectivity index (χ1n) is 8.26. The molecule has 3 aromatic rings. The van der Waals surface area contributed by atoms with E-state index in [0.717, 1.165) is 27.2 Å². The molecule has 0 saturated heterocycles. The van der Waals surface area contributed by atoms with Crippen LogP contribution in [0.3, 0.4) is 0 Å². The van der Waals surface area contributed by atoms with Gasteiger partial charge in [-0.25, -0.2) is 4.68 Å². The summed E-state index contributed by atoms with van der Waals surface area (Å²) in [5.74, 6) is 0. The van der Waals surface area contributed by atoms with Gasteiger partial charge in [-0.05, 0) is 30.9 Å². The van der Waals surface area contributed by atoms with Crippen LogP contribution < -0.4 is 4.80 Å². The summed E-state index contributed by atoms with van der Waals surface area (Å²) >= 11 is 3.33. The third kappa shape index (κ3) is 4.62. The summed E-state index contributed by atoms with van der Waals surface area (Å²) < 4.78 is 1.91. The van der Waals surface area contributed by atoms with Crippen LogP contribution >= 0.6 is 23.1 Å². The summed E-state index contributed by atoms with van der Waals surface area (Å²) in [6.07, 6.45) is 3.95. The molecule has 132 valence electrons. The Morgan fingerprint density at radius 2 is 1.88 bits per heavy atom. The van der Waals surface area contributed by atoms with Crippen molar-refractivity contribution in [3.63, 3.8) is 0 Å². The van der Waals surface area contributed by atoms with Crippen molar-refractivity contribution < 1.29 is 0 Å². The quantitative estimate of drug-likeness (QED) is 0.325. The molecule has 0 aliphatic heterocycles. The molecule has 0 amide bonds. The molecule has 3 rings (SSSR count). The van der Waals surface area contributed by atoms with Crippen LogP contribution in [0.5, 0.6) is 0 Å². The number of benzene rings is 2. The van der Waals surface area contributed by atoms with Gasteiger partial charge in [-0.2, -0.15) is 5.10 Å². The Balaban J connectivity index is 2.01. The van der Waals surface area contributed by atoms with Crippen LogP contribution in [-0.4, -0.2) is 23.7 Å². The van der Waals surface area contributed by atoms with E-state index in [1.807, 2.05) is 36.0 Å². The number of rotatable bonds is 6. The van der Waals surface area contributed by atoms with E-state index in [9.17, 15) is 0 Å². The summed E-state index contributed by atoms with van der Waals surface area (Å²) in [6.45, 7) is 6.52. The second kappa shape index (κ2) is 8.83. The van der Waals surface area contributed by atoms with Gasteiger partial charge in [0.25, 0.3) is 0 Å². The van der Waals surface area contributed by atoms with Gasteiger partial charge in [0.2, 0.25) is 4.80 Å². The van der Waals surface area contributed by atoms with Crippen molar-refractivity contribution in [2.45, 2.75) is 11.8 Å². The Morgan fingerprint density at radius 3 is 2.54 bits per heavy atom. The van der Waals surface area contributed by atoms with Crippen LogP contribution in [0.4, 0.5) is 0 Å². The number of aromatic nitrogens is 1. The minimum absolute atomic E-state index is 0.604. The van der Waals surface area contributed by atoms with Gasteiger partial charge < -0.3 is 0 Å². The van der Waals surface area contributed by atoms with Crippen molar-refractivity contribution in [3.05, 3.63) is 82.5 Å². The molecule has 3 nitrogen and oxygen atoms in total. The van der Waals surface area contributed by atoms with Crippen LogP contribution in [-0.2, 0) is 0 Å². The number of hydrogen-bond donors (Lipinski definition) is 0. The normalized spacial score (nSPS) is 12.0. The van der Waals surface area contributed by atoms with Gasteiger partial charge in [-0.15, -0.1) is 23.1 Å². The molecule has 0 aliphatic rings. The average molecular weight is 380 g/mol. The fourth-order valence-electron chi connectivity index (χ4n) is 2.34. The predicted octanol–water partition coefficient (Wildman–Crippen LogP) is 5.30. The summed E-state index contributed by atoms with van der Waals surface area (Å²) in [5, 5.41) is 6.82. The molecule has 0 N–H and O–H groups in total. The minimum atomic E-state index is 0.604. The van der Waals surface area contributed by atoms with Crippen molar-refractivity contribution in [2.24, 2.45) is 10.1 Å². The molecule has 2 aromatic carbocycles. The smallest absolute Gasteiger partial charge is 0.206 e. The Bertz CT molecular complexity index is 964. The standard InChI is InChI=1S/C21H21N3S2/c1-16(2)13-22-21-24(20(15-26-21)18-7-5-4-6-8-18)23-14-17-9-11-19(25-3)12-10-17/h4-12,14-15H,1,13H2,2-3H3. The Kier molecular flexibility index (Phi) is 6.26. The van der Waals surface area contributed by atoms with Crippen LogP contribution in [0, 0.1) is 0 Å². The van der Waals surface area contributed by atoms with Crippen LogP contribution in [0.1, 0.15) is 12.5 Å². The lowest BCUT2D eigenvalue weighted by molar-refractivity contribution is 0.836. The zero-order valence-corrected chi connectivity index (χ0v) is 16.6. The molecule has 26 heavy (non-hydrogen) atoms. The van der Waals surface area contributed by atoms with E-state index in [4.69, 9.17) is 5.10 Å². The van der Waals surface area contributed by atoms with Crippen LogP contribution in [0.2, 0.25) is 0 Å². The summed E-state index contributed by atoms with van der Waals surface area (Å²) in [4.78, 5) is 6.76. The highest BCUT2D eigenvalue weighted by atomic mass is 32.2. The second-order valence-corrected chi connectivity index (χ2v) is 7.59. The zero-order chi connectivity index (χ0) is 18.4. The Hall–Kier alpha value is -2.37. The number of thioether (sulfide) groups is 1. The monoisotopic (exact) mass is 379 g/mol. The number of thiazole rings is 1. The maximum Gasteiger partial charge on any atom is 0.206 e. The zero-order valence-electron chi connectivity index (χ0n) is 14.9. The fourth-order valence-corrected chi connectivity index (χ4v) is 3.59. The molecule has 0 aliphatic carbocycles. The van der Waals surface area contributed by atoms with E-state index in [0.29, 0.717) is 6.54 Å². The summed E-state index contributed by atoms with van der Waals surface area (Å²) in [7, 11) is 0. The first-order valence-corrected chi connectivity index (χ1v) is 10.4. The lowest BCUT2D eigenvalue weighted by atomic mass is 10.2.